The average molecular weight is 288 g/mol. The molecule has 0 saturated heterocycles. The Morgan fingerprint density at radius 1 is 1.29 bits per heavy atom. The minimum atomic E-state index is -1.02. The highest BCUT2D eigenvalue weighted by Gasteiger charge is 2.09. The molecule has 7 heteroatoms. The summed E-state index contributed by atoms with van der Waals surface area (Å²) in [7, 11) is 0. The first kappa shape index (κ1) is 14.7. The van der Waals surface area contributed by atoms with E-state index in [9.17, 15) is 9.59 Å². The average Bonchev–Trinajstić information content (AvgIpc) is 2.80. The Hall–Kier alpha value is -2.70. The molecule has 110 valence electrons. The van der Waals surface area contributed by atoms with E-state index in [0.29, 0.717) is 0 Å². The Morgan fingerprint density at radius 3 is 2.71 bits per heavy atom. The summed E-state index contributed by atoms with van der Waals surface area (Å²) in [6.07, 6.45) is 1.48. The van der Waals surface area contributed by atoms with Crippen LogP contribution >= 0.6 is 0 Å². The molecule has 0 atom stereocenters. The quantitative estimate of drug-likeness (QED) is 0.860. The van der Waals surface area contributed by atoms with Crippen LogP contribution in [-0.2, 0) is 22.6 Å². The van der Waals surface area contributed by atoms with E-state index in [1.165, 1.54) is 11.9 Å². The first-order chi connectivity index (χ1) is 9.94. The van der Waals surface area contributed by atoms with Crippen LogP contribution in [0.25, 0.3) is 0 Å². The smallest absolute Gasteiger partial charge is 0.325 e. The van der Waals surface area contributed by atoms with Gasteiger partial charge in [0.2, 0.25) is 11.9 Å². The van der Waals surface area contributed by atoms with Gasteiger partial charge in [-0.2, -0.15) is 0 Å². The standard InChI is InChI=1S/C14H16N4O3/c1-9-3-4-11(5-10(9)2)6-12(19)16-14-15-8-18(17-14)7-13(20)21/h3-5,8H,6-7H2,1-2H3,(H,20,21)(H,16,17,19). The van der Waals surface area contributed by atoms with Gasteiger partial charge in [-0.15, -0.1) is 5.10 Å². The van der Waals surface area contributed by atoms with E-state index >= 15 is 0 Å². The van der Waals surface area contributed by atoms with Gasteiger partial charge in [0.15, 0.2) is 0 Å². The highest BCUT2D eigenvalue weighted by atomic mass is 16.4. The Balaban J connectivity index is 1.96. The van der Waals surface area contributed by atoms with Gasteiger partial charge in [-0.3, -0.25) is 14.9 Å². The summed E-state index contributed by atoms with van der Waals surface area (Å²) in [6, 6.07) is 5.83. The summed E-state index contributed by atoms with van der Waals surface area (Å²) >= 11 is 0. The molecule has 0 radical (unpaired) electrons. The fourth-order valence-corrected chi connectivity index (χ4v) is 1.83. The number of anilines is 1. The SMILES string of the molecule is Cc1ccc(CC(=O)Nc2ncn(CC(=O)O)n2)cc1C. The molecule has 1 heterocycles. The lowest BCUT2D eigenvalue weighted by Crippen LogP contribution is -2.16. The number of aromatic nitrogens is 3. The van der Waals surface area contributed by atoms with Crippen LogP contribution in [0.15, 0.2) is 24.5 Å². The largest absolute Gasteiger partial charge is 0.480 e. The van der Waals surface area contributed by atoms with E-state index in [-0.39, 0.29) is 24.8 Å². The maximum Gasteiger partial charge on any atom is 0.325 e. The van der Waals surface area contributed by atoms with Gasteiger partial charge in [-0.05, 0) is 30.5 Å². The van der Waals surface area contributed by atoms with Crippen molar-refractivity contribution < 1.29 is 14.7 Å². The van der Waals surface area contributed by atoms with Gasteiger partial charge in [-0.1, -0.05) is 18.2 Å². The van der Waals surface area contributed by atoms with Gasteiger partial charge < -0.3 is 5.11 Å². The van der Waals surface area contributed by atoms with Gasteiger partial charge in [0.05, 0.1) is 6.42 Å². The maximum absolute atomic E-state index is 11.9. The fraction of sp³-hybridized carbons (Fsp3) is 0.286. The second-order valence-electron chi connectivity index (χ2n) is 4.80. The number of carboxylic acids is 1. The van der Waals surface area contributed by atoms with Gasteiger partial charge in [0, 0.05) is 0 Å². The number of amides is 1. The van der Waals surface area contributed by atoms with Gasteiger partial charge in [0.25, 0.3) is 0 Å². The number of carbonyl (C=O) groups excluding carboxylic acids is 1. The zero-order valence-corrected chi connectivity index (χ0v) is 11.8. The molecular weight excluding hydrogens is 272 g/mol. The Labute approximate surface area is 121 Å². The van der Waals surface area contributed by atoms with Crippen LogP contribution in [0.1, 0.15) is 16.7 Å². The molecule has 0 spiro atoms. The molecule has 1 aromatic heterocycles. The molecule has 0 fully saturated rings. The lowest BCUT2D eigenvalue weighted by atomic mass is 10.0. The highest BCUT2D eigenvalue weighted by Crippen LogP contribution is 2.11. The van der Waals surface area contributed by atoms with Crippen molar-refractivity contribution in [2.24, 2.45) is 0 Å². The normalized spacial score (nSPS) is 10.4. The molecule has 2 aromatic rings. The van der Waals surface area contributed by atoms with Crippen LogP contribution in [0.2, 0.25) is 0 Å². The number of aryl methyl sites for hydroxylation is 2. The van der Waals surface area contributed by atoms with E-state index < -0.39 is 5.97 Å². The van der Waals surface area contributed by atoms with Gasteiger partial charge >= 0.3 is 5.97 Å². The van der Waals surface area contributed by atoms with Crippen LogP contribution in [0, 0.1) is 13.8 Å². The number of benzene rings is 1. The van der Waals surface area contributed by atoms with E-state index in [2.05, 4.69) is 15.4 Å². The number of hydrogen-bond acceptors (Lipinski definition) is 4. The molecule has 0 saturated carbocycles. The van der Waals surface area contributed by atoms with Gasteiger partial charge in [-0.25, -0.2) is 9.67 Å². The van der Waals surface area contributed by atoms with Crippen LogP contribution in [0.5, 0.6) is 0 Å². The zero-order chi connectivity index (χ0) is 15.4. The molecule has 0 aliphatic heterocycles. The number of hydrogen-bond donors (Lipinski definition) is 2. The summed E-state index contributed by atoms with van der Waals surface area (Å²) in [4.78, 5) is 26.3. The summed E-state index contributed by atoms with van der Waals surface area (Å²) in [5, 5.41) is 15.0. The highest BCUT2D eigenvalue weighted by molar-refractivity contribution is 5.90. The minimum Gasteiger partial charge on any atom is -0.480 e. The third-order valence-electron chi connectivity index (χ3n) is 3.02. The summed E-state index contributed by atoms with van der Waals surface area (Å²) in [5.41, 5.74) is 3.21. The summed E-state index contributed by atoms with van der Waals surface area (Å²) in [5.74, 6) is -1.16. The first-order valence-electron chi connectivity index (χ1n) is 6.41. The number of carbonyl (C=O) groups is 2. The van der Waals surface area contributed by atoms with Crippen molar-refractivity contribution in [3.05, 3.63) is 41.2 Å². The van der Waals surface area contributed by atoms with Crippen molar-refractivity contribution in [2.45, 2.75) is 26.8 Å². The van der Waals surface area contributed by atoms with Crippen molar-refractivity contribution in [1.29, 1.82) is 0 Å². The van der Waals surface area contributed by atoms with Crippen LogP contribution in [0.4, 0.5) is 5.95 Å². The topological polar surface area (TPSA) is 97.1 Å². The predicted octanol–water partition coefficient (Wildman–Crippen LogP) is 1.16. The molecule has 21 heavy (non-hydrogen) atoms. The second kappa shape index (κ2) is 6.17. The van der Waals surface area contributed by atoms with Crippen LogP contribution < -0.4 is 5.32 Å². The molecule has 0 bridgehead atoms. The van der Waals surface area contributed by atoms with Crippen molar-refractivity contribution in [3.63, 3.8) is 0 Å². The molecule has 0 unspecified atom stereocenters. The number of nitrogens with zero attached hydrogens (tertiary/aromatic N) is 3. The van der Waals surface area contributed by atoms with Crippen molar-refractivity contribution in [3.8, 4) is 0 Å². The van der Waals surface area contributed by atoms with Crippen molar-refractivity contribution in [1.82, 2.24) is 14.8 Å². The molecule has 0 aliphatic rings. The van der Waals surface area contributed by atoms with E-state index in [1.54, 1.807) is 0 Å². The first-order valence-corrected chi connectivity index (χ1v) is 6.41. The molecular formula is C14H16N4O3. The maximum atomic E-state index is 11.9. The minimum absolute atomic E-state index is 0.102. The lowest BCUT2D eigenvalue weighted by Gasteiger charge is -2.05. The number of carboxylic acid groups (broad SMARTS) is 1. The molecule has 7 nitrogen and oxygen atoms in total. The number of aliphatic carboxylic acids is 1. The van der Waals surface area contributed by atoms with Crippen molar-refractivity contribution >= 4 is 17.8 Å². The van der Waals surface area contributed by atoms with Gasteiger partial charge in [0.1, 0.15) is 12.9 Å². The number of nitrogens with one attached hydrogen (secondary N) is 1. The molecule has 2 N–H and O–H groups in total. The lowest BCUT2D eigenvalue weighted by molar-refractivity contribution is -0.137. The third-order valence-corrected chi connectivity index (χ3v) is 3.02. The molecule has 2 rings (SSSR count). The van der Waals surface area contributed by atoms with Crippen LogP contribution in [0.3, 0.4) is 0 Å². The van der Waals surface area contributed by atoms with E-state index in [4.69, 9.17) is 5.11 Å². The monoisotopic (exact) mass is 288 g/mol. The third kappa shape index (κ3) is 4.13. The van der Waals surface area contributed by atoms with E-state index in [0.717, 1.165) is 15.8 Å². The van der Waals surface area contributed by atoms with Crippen LogP contribution in [-0.4, -0.2) is 31.7 Å². The molecule has 0 aliphatic carbocycles. The van der Waals surface area contributed by atoms with E-state index in [1.807, 2.05) is 32.0 Å². The Bertz CT molecular complexity index is 679. The molecule has 1 aromatic carbocycles. The molecule has 1 amide bonds. The zero-order valence-electron chi connectivity index (χ0n) is 11.8. The number of rotatable bonds is 5. The predicted molar refractivity (Wildman–Crippen MR) is 75.9 cm³/mol. The summed E-state index contributed by atoms with van der Waals surface area (Å²) in [6.45, 7) is 3.71. The fourth-order valence-electron chi connectivity index (χ4n) is 1.83. The second-order valence-corrected chi connectivity index (χ2v) is 4.80. The van der Waals surface area contributed by atoms with Crippen molar-refractivity contribution in [2.75, 3.05) is 5.32 Å². The Morgan fingerprint density at radius 2 is 2.05 bits per heavy atom. The summed E-state index contributed by atoms with van der Waals surface area (Å²) < 4.78 is 1.15. The Kier molecular flexibility index (Phi) is 4.32.